The standard InChI is InChI=1S/C11H10ClFN2/c1-8(12)11-14-6-7-15(11)10-4-2-9(13)3-5-10/h2-8H,1H3. The van der Waals surface area contributed by atoms with E-state index in [0.717, 1.165) is 11.5 Å². The van der Waals surface area contributed by atoms with Crippen LogP contribution in [0.2, 0.25) is 0 Å². The lowest BCUT2D eigenvalue weighted by Crippen LogP contribution is -2.00. The maximum absolute atomic E-state index is 12.7. The molecule has 2 rings (SSSR count). The van der Waals surface area contributed by atoms with Crippen LogP contribution >= 0.6 is 11.6 Å². The molecule has 0 aliphatic rings. The summed E-state index contributed by atoms with van der Waals surface area (Å²) in [5.41, 5.74) is 0.858. The summed E-state index contributed by atoms with van der Waals surface area (Å²) < 4.78 is 14.6. The Balaban J connectivity index is 2.45. The van der Waals surface area contributed by atoms with Crippen LogP contribution in [0, 0.1) is 5.82 Å². The van der Waals surface area contributed by atoms with Crippen molar-refractivity contribution in [2.45, 2.75) is 12.3 Å². The van der Waals surface area contributed by atoms with E-state index in [0.29, 0.717) is 0 Å². The molecule has 1 unspecified atom stereocenters. The monoisotopic (exact) mass is 224 g/mol. The van der Waals surface area contributed by atoms with Crippen molar-refractivity contribution >= 4 is 11.6 Å². The van der Waals surface area contributed by atoms with E-state index in [1.54, 1.807) is 24.5 Å². The Morgan fingerprint density at radius 1 is 1.33 bits per heavy atom. The molecule has 78 valence electrons. The van der Waals surface area contributed by atoms with E-state index in [-0.39, 0.29) is 11.2 Å². The maximum atomic E-state index is 12.7. The highest BCUT2D eigenvalue weighted by Crippen LogP contribution is 2.21. The minimum absolute atomic E-state index is 0.176. The molecule has 0 radical (unpaired) electrons. The van der Waals surface area contributed by atoms with Crippen LogP contribution in [0.15, 0.2) is 36.7 Å². The summed E-state index contributed by atoms with van der Waals surface area (Å²) in [5, 5.41) is -0.176. The molecule has 4 heteroatoms. The Bertz CT molecular complexity index is 448. The average Bonchev–Trinajstić information content (AvgIpc) is 2.67. The summed E-state index contributed by atoms with van der Waals surface area (Å²) in [6.45, 7) is 1.85. The van der Waals surface area contributed by atoms with E-state index >= 15 is 0 Å². The van der Waals surface area contributed by atoms with Crippen molar-refractivity contribution in [1.29, 1.82) is 0 Å². The zero-order valence-electron chi connectivity index (χ0n) is 8.19. The molecule has 15 heavy (non-hydrogen) atoms. The van der Waals surface area contributed by atoms with Crippen LogP contribution in [0.3, 0.4) is 0 Å². The number of nitrogens with zero attached hydrogens (tertiary/aromatic N) is 2. The van der Waals surface area contributed by atoms with Gasteiger partial charge in [0.05, 0.1) is 5.38 Å². The SMILES string of the molecule is CC(Cl)c1nccn1-c1ccc(F)cc1. The van der Waals surface area contributed by atoms with Crippen LogP contribution in [0.1, 0.15) is 18.1 Å². The molecule has 0 aliphatic heterocycles. The average molecular weight is 225 g/mol. The molecule has 2 aromatic rings. The third-order valence-corrected chi connectivity index (χ3v) is 2.33. The van der Waals surface area contributed by atoms with Gasteiger partial charge >= 0.3 is 0 Å². The fourth-order valence-electron chi connectivity index (χ4n) is 1.43. The Morgan fingerprint density at radius 3 is 2.60 bits per heavy atom. The maximum Gasteiger partial charge on any atom is 0.131 e. The lowest BCUT2D eigenvalue weighted by atomic mass is 10.3. The van der Waals surface area contributed by atoms with Gasteiger partial charge in [-0.1, -0.05) is 0 Å². The van der Waals surface area contributed by atoms with E-state index < -0.39 is 0 Å². The van der Waals surface area contributed by atoms with Crippen molar-refractivity contribution < 1.29 is 4.39 Å². The second kappa shape index (κ2) is 4.03. The van der Waals surface area contributed by atoms with E-state index in [4.69, 9.17) is 11.6 Å². The van der Waals surface area contributed by atoms with Crippen LogP contribution in [0.5, 0.6) is 0 Å². The van der Waals surface area contributed by atoms with Gasteiger partial charge in [-0.05, 0) is 31.2 Å². The van der Waals surface area contributed by atoms with Crippen molar-refractivity contribution in [1.82, 2.24) is 9.55 Å². The molecule has 0 bridgehead atoms. The molecule has 0 spiro atoms. The fourth-order valence-corrected chi connectivity index (χ4v) is 1.59. The lowest BCUT2D eigenvalue weighted by Gasteiger charge is -2.08. The highest BCUT2D eigenvalue weighted by atomic mass is 35.5. The lowest BCUT2D eigenvalue weighted by molar-refractivity contribution is 0.627. The zero-order valence-corrected chi connectivity index (χ0v) is 8.95. The number of aromatic nitrogens is 2. The summed E-state index contributed by atoms with van der Waals surface area (Å²) in [5.74, 6) is 0.502. The molecule has 1 atom stereocenters. The number of halogens is 2. The topological polar surface area (TPSA) is 17.8 Å². The predicted molar refractivity (Wildman–Crippen MR) is 57.8 cm³/mol. The molecule has 1 heterocycles. The molecule has 0 amide bonds. The number of imidazole rings is 1. The van der Waals surface area contributed by atoms with Gasteiger partial charge in [-0.15, -0.1) is 11.6 Å². The molecule has 1 aromatic heterocycles. The first-order valence-corrected chi connectivity index (χ1v) is 5.05. The van der Waals surface area contributed by atoms with Gasteiger partial charge in [0.2, 0.25) is 0 Å². The summed E-state index contributed by atoms with van der Waals surface area (Å²) >= 11 is 5.97. The first kappa shape index (κ1) is 10.2. The number of alkyl halides is 1. The Labute approximate surface area is 92.3 Å². The Morgan fingerprint density at radius 2 is 2.00 bits per heavy atom. The summed E-state index contributed by atoms with van der Waals surface area (Å²) in [6.07, 6.45) is 3.49. The van der Waals surface area contributed by atoms with Crippen molar-refractivity contribution in [3.05, 3.63) is 48.3 Å². The van der Waals surface area contributed by atoms with Gasteiger partial charge in [-0.3, -0.25) is 0 Å². The van der Waals surface area contributed by atoms with E-state index in [2.05, 4.69) is 4.98 Å². The smallest absolute Gasteiger partial charge is 0.131 e. The number of benzene rings is 1. The first-order chi connectivity index (χ1) is 7.18. The van der Waals surface area contributed by atoms with Gasteiger partial charge in [0.25, 0.3) is 0 Å². The minimum atomic E-state index is -0.251. The van der Waals surface area contributed by atoms with Crippen LogP contribution in [-0.2, 0) is 0 Å². The van der Waals surface area contributed by atoms with Crippen LogP contribution in [-0.4, -0.2) is 9.55 Å². The van der Waals surface area contributed by atoms with Gasteiger partial charge in [0, 0.05) is 18.1 Å². The quantitative estimate of drug-likeness (QED) is 0.716. The number of rotatable bonds is 2. The fraction of sp³-hybridized carbons (Fsp3) is 0.182. The summed E-state index contributed by atoms with van der Waals surface area (Å²) in [6, 6.07) is 6.22. The molecule has 0 fully saturated rings. The molecule has 0 N–H and O–H groups in total. The van der Waals surface area contributed by atoms with Gasteiger partial charge < -0.3 is 4.57 Å². The third-order valence-electron chi connectivity index (χ3n) is 2.13. The van der Waals surface area contributed by atoms with Crippen molar-refractivity contribution in [3.8, 4) is 5.69 Å². The van der Waals surface area contributed by atoms with Gasteiger partial charge in [-0.2, -0.15) is 0 Å². The molecule has 2 nitrogen and oxygen atoms in total. The minimum Gasteiger partial charge on any atom is -0.303 e. The predicted octanol–water partition coefficient (Wildman–Crippen LogP) is 3.31. The van der Waals surface area contributed by atoms with Crippen LogP contribution < -0.4 is 0 Å². The number of hydrogen-bond donors (Lipinski definition) is 0. The van der Waals surface area contributed by atoms with Crippen LogP contribution in [0.4, 0.5) is 4.39 Å². The van der Waals surface area contributed by atoms with E-state index in [1.807, 2.05) is 11.5 Å². The molecule has 0 saturated heterocycles. The van der Waals surface area contributed by atoms with Crippen molar-refractivity contribution in [2.75, 3.05) is 0 Å². The Hall–Kier alpha value is -1.35. The Kier molecular flexibility index (Phi) is 2.73. The highest BCUT2D eigenvalue weighted by Gasteiger charge is 2.09. The summed E-state index contributed by atoms with van der Waals surface area (Å²) in [4.78, 5) is 4.15. The molecule has 0 aliphatic carbocycles. The van der Waals surface area contributed by atoms with E-state index in [9.17, 15) is 4.39 Å². The third kappa shape index (κ3) is 2.02. The van der Waals surface area contributed by atoms with E-state index in [1.165, 1.54) is 12.1 Å². The summed E-state index contributed by atoms with van der Waals surface area (Å²) in [7, 11) is 0. The highest BCUT2D eigenvalue weighted by molar-refractivity contribution is 6.20. The van der Waals surface area contributed by atoms with Crippen molar-refractivity contribution in [2.24, 2.45) is 0 Å². The number of hydrogen-bond acceptors (Lipinski definition) is 1. The first-order valence-electron chi connectivity index (χ1n) is 4.62. The molecule has 1 aromatic carbocycles. The van der Waals surface area contributed by atoms with Gasteiger partial charge in [0.15, 0.2) is 0 Å². The second-order valence-electron chi connectivity index (χ2n) is 3.25. The molecular formula is C11H10ClFN2. The largest absolute Gasteiger partial charge is 0.303 e. The normalized spacial score (nSPS) is 12.7. The molecule has 0 saturated carbocycles. The van der Waals surface area contributed by atoms with Gasteiger partial charge in [-0.25, -0.2) is 9.37 Å². The van der Waals surface area contributed by atoms with Gasteiger partial charge in [0.1, 0.15) is 11.6 Å². The van der Waals surface area contributed by atoms with Crippen LogP contribution in [0.25, 0.3) is 5.69 Å². The zero-order chi connectivity index (χ0) is 10.8. The van der Waals surface area contributed by atoms with Crippen molar-refractivity contribution in [3.63, 3.8) is 0 Å². The molecular weight excluding hydrogens is 215 g/mol. The second-order valence-corrected chi connectivity index (χ2v) is 3.90.